The molecule has 0 saturated carbocycles. The molecule has 0 aromatic carbocycles. The third-order valence-electron chi connectivity index (χ3n) is 3.04. The Bertz CT molecular complexity index is 170. The zero-order valence-electron chi connectivity index (χ0n) is 7.96. The molecule has 0 radical (unpaired) electrons. The van der Waals surface area contributed by atoms with E-state index < -0.39 is 0 Å². The molecule has 1 aliphatic rings. The Labute approximate surface area is 69.7 Å². The van der Waals surface area contributed by atoms with Gasteiger partial charge in [-0.3, -0.25) is 0 Å². The molecule has 1 aliphatic carbocycles. The molecule has 1 rings (SSSR count). The van der Waals surface area contributed by atoms with Crippen molar-refractivity contribution in [1.29, 1.82) is 0 Å². The average Bonchev–Trinajstić information content (AvgIpc) is 2.07. The zero-order valence-corrected chi connectivity index (χ0v) is 7.96. The van der Waals surface area contributed by atoms with Crippen LogP contribution < -0.4 is 5.73 Å². The van der Waals surface area contributed by atoms with Gasteiger partial charge >= 0.3 is 0 Å². The molecule has 0 aromatic heterocycles. The summed E-state index contributed by atoms with van der Waals surface area (Å²) in [6.07, 6.45) is 2.36. The van der Waals surface area contributed by atoms with Crippen molar-refractivity contribution in [3.8, 4) is 0 Å². The molecule has 11 heavy (non-hydrogen) atoms. The van der Waals surface area contributed by atoms with Crippen LogP contribution in [0.2, 0.25) is 0 Å². The Morgan fingerprint density at radius 3 is 2.18 bits per heavy atom. The molecule has 0 aromatic rings. The van der Waals surface area contributed by atoms with Gasteiger partial charge in [-0.2, -0.15) is 0 Å². The minimum Gasteiger partial charge on any atom is -0.328 e. The molecule has 2 N–H and O–H groups in total. The molecule has 1 nitrogen and oxygen atoms in total. The van der Waals surface area contributed by atoms with Crippen LogP contribution in [0.1, 0.15) is 27.7 Å². The number of nitrogens with two attached hydrogens (primary N) is 1. The topological polar surface area (TPSA) is 26.0 Å². The van der Waals surface area contributed by atoms with Gasteiger partial charge < -0.3 is 5.73 Å². The van der Waals surface area contributed by atoms with Gasteiger partial charge in [-0.25, -0.2) is 0 Å². The molecule has 0 heterocycles. The van der Waals surface area contributed by atoms with E-state index in [1.807, 2.05) is 0 Å². The summed E-state index contributed by atoms with van der Waals surface area (Å²) < 4.78 is 0. The van der Waals surface area contributed by atoms with E-state index in [4.69, 9.17) is 5.73 Å². The summed E-state index contributed by atoms with van der Waals surface area (Å²) in [5, 5.41) is 0. The summed E-state index contributed by atoms with van der Waals surface area (Å²) in [6.45, 7) is 8.87. The Hall–Kier alpha value is -0.300. The molecule has 4 unspecified atom stereocenters. The summed E-state index contributed by atoms with van der Waals surface area (Å²) in [4.78, 5) is 0. The summed E-state index contributed by atoms with van der Waals surface area (Å²) in [6, 6.07) is 0.327. The van der Waals surface area contributed by atoms with E-state index in [1.54, 1.807) is 0 Å². The highest BCUT2D eigenvalue weighted by atomic mass is 14.7. The minimum absolute atomic E-state index is 0.327. The SMILES string of the molecule is CC1=CC(C)C(C(C)N)C1C. The summed E-state index contributed by atoms with van der Waals surface area (Å²) >= 11 is 0. The van der Waals surface area contributed by atoms with E-state index in [0.29, 0.717) is 23.8 Å². The van der Waals surface area contributed by atoms with Gasteiger partial charge in [0.2, 0.25) is 0 Å². The zero-order chi connectivity index (χ0) is 8.59. The molecule has 1 heteroatoms. The molecule has 0 saturated heterocycles. The van der Waals surface area contributed by atoms with Crippen molar-refractivity contribution in [1.82, 2.24) is 0 Å². The van der Waals surface area contributed by atoms with E-state index >= 15 is 0 Å². The fourth-order valence-corrected chi connectivity index (χ4v) is 2.37. The van der Waals surface area contributed by atoms with Gasteiger partial charge in [0.15, 0.2) is 0 Å². The molecule has 0 bridgehead atoms. The van der Waals surface area contributed by atoms with Crippen LogP contribution in [0.15, 0.2) is 11.6 Å². The van der Waals surface area contributed by atoms with Gasteiger partial charge in [-0.05, 0) is 31.6 Å². The van der Waals surface area contributed by atoms with Crippen LogP contribution in [0.3, 0.4) is 0 Å². The monoisotopic (exact) mass is 153 g/mol. The fourth-order valence-electron chi connectivity index (χ4n) is 2.37. The minimum atomic E-state index is 0.327. The highest BCUT2D eigenvalue weighted by Gasteiger charge is 2.31. The van der Waals surface area contributed by atoms with Crippen molar-refractivity contribution in [2.45, 2.75) is 33.7 Å². The van der Waals surface area contributed by atoms with Gasteiger partial charge in [-0.15, -0.1) is 0 Å². The Kier molecular flexibility index (Phi) is 2.38. The normalized spacial score (nSPS) is 40.5. The van der Waals surface area contributed by atoms with Gasteiger partial charge in [0.05, 0.1) is 0 Å². The lowest BCUT2D eigenvalue weighted by molar-refractivity contribution is 0.311. The Morgan fingerprint density at radius 1 is 1.45 bits per heavy atom. The van der Waals surface area contributed by atoms with Crippen LogP contribution in [0.5, 0.6) is 0 Å². The van der Waals surface area contributed by atoms with Crippen molar-refractivity contribution in [2.24, 2.45) is 23.5 Å². The third-order valence-corrected chi connectivity index (χ3v) is 3.04. The van der Waals surface area contributed by atoms with E-state index in [0.717, 1.165) is 0 Å². The van der Waals surface area contributed by atoms with E-state index in [1.165, 1.54) is 5.57 Å². The molecular weight excluding hydrogens is 134 g/mol. The van der Waals surface area contributed by atoms with Crippen molar-refractivity contribution >= 4 is 0 Å². The smallest absolute Gasteiger partial charge is 0.00499 e. The first kappa shape index (κ1) is 8.79. The van der Waals surface area contributed by atoms with Gasteiger partial charge in [0, 0.05) is 6.04 Å². The molecular formula is C10H19N. The van der Waals surface area contributed by atoms with Crippen LogP contribution in [0.25, 0.3) is 0 Å². The first-order valence-electron chi connectivity index (χ1n) is 4.48. The third kappa shape index (κ3) is 1.48. The molecule has 0 spiro atoms. The van der Waals surface area contributed by atoms with E-state index in [-0.39, 0.29) is 0 Å². The highest BCUT2D eigenvalue weighted by molar-refractivity contribution is 5.15. The second-order valence-electron chi connectivity index (χ2n) is 3.99. The highest BCUT2D eigenvalue weighted by Crippen LogP contribution is 2.36. The summed E-state index contributed by atoms with van der Waals surface area (Å²) in [5.41, 5.74) is 7.42. The number of allylic oxidation sites excluding steroid dienone is 2. The second kappa shape index (κ2) is 2.98. The maximum atomic E-state index is 5.91. The van der Waals surface area contributed by atoms with Crippen LogP contribution in [0, 0.1) is 17.8 Å². The van der Waals surface area contributed by atoms with Crippen molar-refractivity contribution in [3.63, 3.8) is 0 Å². The average molecular weight is 153 g/mol. The number of hydrogen-bond donors (Lipinski definition) is 1. The Balaban J connectivity index is 2.72. The number of hydrogen-bond acceptors (Lipinski definition) is 1. The molecule has 0 fully saturated rings. The maximum absolute atomic E-state index is 5.91. The van der Waals surface area contributed by atoms with Crippen LogP contribution in [-0.2, 0) is 0 Å². The van der Waals surface area contributed by atoms with Gasteiger partial charge in [-0.1, -0.05) is 25.5 Å². The lowest BCUT2D eigenvalue weighted by Gasteiger charge is -2.25. The predicted molar refractivity (Wildman–Crippen MR) is 49.2 cm³/mol. The molecule has 0 amide bonds. The summed E-state index contributed by atoms with van der Waals surface area (Å²) in [7, 11) is 0. The fraction of sp³-hybridized carbons (Fsp3) is 0.800. The molecule has 4 atom stereocenters. The summed E-state index contributed by atoms with van der Waals surface area (Å²) in [5.74, 6) is 2.02. The van der Waals surface area contributed by atoms with E-state index in [9.17, 15) is 0 Å². The quantitative estimate of drug-likeness (QED) is 0.574. The Morgan fingerprint density at radius 2 is 2.00 bits per heavy atom. The molecule has 64 valence electrons. The lowest BCUT2D eigenvalue weighted by atomic mass is 9.83. The van der Waals surface area contributed by atoms with Gasteiger partial charge in [0.1, 0.15) is 0 Å². The van der Waals surface area contributed by atoms with Gasteiger partial charge in [0.25, 0.3) is 0 Å². The predicted octanol–water partition coefficient (Wildman–Crippen LogP) is 2.18. The van der Waals surface area contributed by atoms with Crippen LogP contribution in [0.4, 0.5) is 0 Å². The number of rotatable bonds is 1. The van der Waals surface area contributed by atoms with Crippen LogP contribution >= 0.6 is 0 Å². The van der Waals surface area contributed by atoms with E-state index in [2.05, 4.69) is 33.8 Å². The second-order valence-corrected chi connectivity index (χ2v) is 3.99. The first-order valence-corrected chi connectivity index (χ1v) is 4.48. The van der Waals surface area contributed by atoms with Crippen molar-refractivity contribution < 1.29 is 0 Å². The standard InChI is InChI=1S/C10H19N/c1-6-5-7(2)10(8(6)3)9(4)11/h5,7-10H,11H2,1-4H3. The maximum Gasteiger partial charge on any atom is 0.00499 e. The molecule has 0 aliphatic heterocycles. The van der Waals surface area contributed by atoms with Crippen molar-refractivity contribution in [3.05, 3.63) is 11.6 Å². The first-order chi connectivity index (χ1) is 5.04. The largest absolute Gasteiger partial charge is 0.328 e. The van der Waals surface area contributed by atoms with Crippen molar-refractivity contribution in [2.75, 3.05) is 0 Å². The van der Waals surface area contributed by atoms with Crippen LogP contribution in [-0.4, -0.2) is 6.04 Å². The lowest BCUT2D eigenvalue weighted by Crippen LogP contribution is -2.32.